The molecule has 1 aromatic rings. The van der Waals surface area contributed by atoms with Crippen LogP contribution in [0.25, 0.3) is 0 Å². The maximum atomic E-state index is 12.1. The van der Waals surface area contributed by atoms with Crippen LogP contribution in [0.5, 0.6) is 0 Å². The van der Waals surface area contributed by atoms with Crippen molar-refractivity contribution in [2.75, 3.05) is 30.2 Å². The second-order valence-electron chi connectivity index (χ2n) is 5.83. The third-order valence-electron chi connectivity index (χ3n) is 3.83. The number of amides is 1. The number of sulfonamides is 1. The van der Waals surface area contributed by atoms with E-state index < -0.39 is 10.0 Å². The van der Waals surface area contributed by atoms with E-state index in [1.54, 1.807) is 18.2 Å². The Balaban J connectivity index is 0.00000264. The summed E-state index contributed by atoms with van der Waals surface area (Å²) in [5, 5.41) is 2.85. The average molecular weight is 362 g/mol. The zero-order chi connectivity index (χ0) is 16.3. The molecule has 1 aliphatic rings. The number of fused-ring (bicyclic) bond motifs is 1. The van der Waals surface area contributed by atoms with E-state index in [1.807, 2.05) is 6.92 Å². The Labute approximate surface area is 143 Å². The van der Waals surface area contributed by atoms with Crippen molar-refractivity contribution in [3.05, 3.63) is 29.3 Å². The topological polar surface area (TPSA) is 92.5 Å². The number of carbonyl (C=O) groups is 1. The lowest BCUT2D eigenvalue weighted by molar-refractivity contribution is 0.0948. The summed E-state index contributed by atoms with van der Waals surface area (Å²) in [4.78, 5) is 12.1. The summed E-state index contributed by atoms with van der Waals surface area (Å²) in [6, 6.07) is 5.18. The van der Waals surface area contributed by atoms with Gasteiger partial charge in [0.1, 0.15) is 0 Å². The van der Waals surface area contributed by atoms with Gasteiger partial charge in [0, 0.05) is 18.7 Å². The number of hydrogen-bond donors (Lipinski definition) is 2. The Morgan fingerprint density at radius 1 is 1.43 bits per heavy atom. The van der Waals surface area contributed by atoms with Gasteiger partial charge < -0.3 is 11.1 Å². The van der Waals surface area contributed by atoms with E-state index >= 15 is 0 Å². The molecule has 1 aliphatic heterocycles. The smallest absolute Gasteiger partial charge is 0.251 e. The quantitative estimate of drug-likeness (QED) is 0.822. The molecule has 1 aromatic carbocycles. The van der Waals surface area contributed by atoms with Crippen LogP contribution < -0.4 is 15.4 Å². The van der Waals surface area contributed by atoms with Gasteiger partial charge in [-0.3, -0.25) is 9.10 Å². The minimum Gasteiger partial charge on any atom is -0.352 e. The van der Waals surface area contributed by atoms with Crippen molar-refractivity contribution in [1.29, 1.82) is 0 Å². The summed E-state index contributed by atoms with van der Waals surface area (Å²) < 4.78 is 25.0. The summed E-state index contributed by atoms with van der Waals surface area (Å²) in [6.45, 7) is 3.51. The fraction of sp³-hybridized carbons (Fsp3) is 0.533. The second kappa shape index (κ2) is 7.99. The standard InChI is InChI=1S/C15H23N3O3S.ClH/c1-11(9-16)10-17-15(19)13-5-6-14-12(8-13)4-3-7-18(14)22(2,20)21;/h5-6,8,11H,3-4,7,9-10,16H2,1-2H3,(H,17,19);1H. The lowest BCUT2D eigenvalue weighted by Crippen LogP contribution is -2.35. The van der Waals surface area contributed by atoms with Gasteiger partial charge in [0.2, 0.25) is 10.0 Å². The number of halogens is 1. The van der Waals surface area contributed by atoms with E-state index in [4.69, 9.17) is 5.73 Å². The Hall–Kier alpha value is -1.31. The molecule has 0 radical (unpaired) electrons. The molecule has 1 unspecified atom stereocenters. The van der Waals surface area contributed by atoms with Crippen molar-refractivity contribution in [1.82, 2.24) is 5.32 Å². The van der Waals surface area contributed by atoms with E-state index in [-0.39, 0.29) is 24.2 Å². The SMILES string of the molecule is CC(CN)CNC(=O)c1ccc2c(c1)CCCN2S(C)(=O)=O.Cl. The maximum absolute atomic E-state index is 12.1. The first-order chi connectivity index (χ1) is 10.3. The summed E-state index contributed by atoms with van der Waals surface area (Å²) in [7, 11) is -3.28. The summed E-state index contributed by atoms with van der Waals surface area (Å²) in [5.74, 6) is 0.0712. The van der Waals surface area contributed by atoms with E-state index in [2.05, 4.69) is 5.32 Å². The van der Waals surface area contributed by atoms with Crippen LogP contribution in [0.2, 0.25) is 0 Å². The van der Waals surface area contributed by atoms with Crippen LogP contribution in [-0.4, -0.2) is 40.2 Å². The van der Waals surface area contributed by atoms with E-state index in [0.717, 1.165) is 18.4 Å². The number of nitrogens with two attached hydrogens (primary N) is 1. The Kier molecular flexibility index (Phi) is 6.85. The van der Waals surface area contributed by atoms with E-state index in [9.17, 15) is 13.2 Å². The van der Waals surface area contributed by atoms with Crippen molar-refractivity contribution in [3.8, 4) is 0 Å². The third kappa shape index (κ3) is 4.83. The van der Waals surface area contributed by atoms with Gasteiger partial charge in [-0.25, -0.2) is 8.42 Å². The average Bonchev–Trinajstić information content (AvgIpc) is 2.50. The van der Waals surface area contributed by atoms with Crippen molar-refractivity contribution in [2.24, 2.45) is 11.7 Å². The van der Waals surface area contributed by atoms with Crippen LogP contribution in [0.3, 0.4) is 0 Å². The van der Waals surface area contributed by atoms with Gasteiger partial charge in [-0.15, -0.1) is 12.4 Å². The molecule has 0 fully saturated rings. The molecule has 130 valence electrons. The molecule has 8 heteroatoms. The van der Waals surface area contributed by atoms with Gasteiger partial charge in [-0.2, -0.15) is 0 Å². The second-order valence-corrected chi connectivity index (χ2v) is 7.74. The molecule has 1 amide bonds. The molecule has 0 saturated carbocycles. The number of hydrogen-bond acceptors (Lipinski definition) is 4. The van der Waals surface area contributed by atoms with Crippen molar-refractivity contribution >= 4 is 34.0 Å². The van der Waals surface area contributed by atoms with E-state index in [1.165, 1.54) is 10.6 Å². The summed E-state index contributed by atoms with van der Waals surface area (Å²) in [5.41, 5.74) is 7.66. The maximum Gasteiger partial charge on any atom is 0.251 e. The third-order valence-corrected chi connectivity index (χ3v) is 5.01. The molecule has 23 heavy (non-hydrogen) atoms. The number of anilines is 1. The number of rotatable bonds is 5. The van der Waals surface area contributed by atoms with Crippen molar-refractivity contribution in [2.45, 2.75) is 19.8 Å². The predicted octanol–water partition coefficient (Wildman–Crippen LogP) is 1.15. The molecule has 3 N–H and O–H groups in total. The molecule has 1 heterocycles. The Morgan fingerprint density at radius 2 is 2.13 bits per heavy atom. The first-order valence-corrected chi connectivity index (χ1v) is 9.26. The zero-order valence-electron chi connectivity index (χ0n) is 13.4. The monoisotopic (exact) mass is 361 g/mol. The number of nitrogens with one attached hydrogen (secondary N) is 1. The number of benzene rings is 1. The molecule has 0 aliphatic carbocycles. The van der Waals surface area contributed by atoms with Crippen LogP contribution in [0, 0.1) is 5.92 Å². The number of carbonyl (C=O) groups excluding carboxylic acids is 1. The molecule has 2 rings (SSSR count). The van der Waals surface area contributed by atoms with Crippen molar-refractivity contribution < 1.29 is 13.2 Å². The molecular weight excluding hydrogens is 338 g/mol. The van der Waals surface area contributed by atoms with Crippen LogP contribution in [0.4, 0.5) is 5.69 Å². The van der Waals surface area contributed by atoms with Crippen LogP contribution in [0.15, 0.2) is 18.2 Å². The number of aryl methyl sites for hydroxylation is 1. The Morgan fingerprint density at radius 3 is 2.74 bits per heavy atom. The van der Waals surface area contributed by atoms with Gasteiger partial charge in [-0.1, -0.05) is 6.92 Å². The minimum absolute atomic E-state index is 0. The fourth-order valence-corrected chi connectivity index (χ4v) is 3.50. The first kappa shape index (κ1) is 19.7. The molecule has 0 spiro atoms. The normalized spacial score (nSPS) is 15.3. The van der Waals surface area contributed by atoms with Crippen LogP contribution in [-0.2, 0) is 16.4 Å². The summed E-state index contributed by atoms with van der Waals surface area (Å²) in [6.07, 6.45) is 2.74. The van der Waals surface area contributed by atoms with Gasteiger partial charge in [-0.05, 0) is 49.1 Å². The summed E-state index contributed by atoms with van der Waals surface area (Å²) >= 11 is 0. The lowest BCUT2D eigenvalue weighted by atomic mass is 10.0. The van der Waals surface area contributed by atoms with Gasteiger partial charge >= 0.3 is 0 Å². The zero-order valence-corrected chi connectivity index (χ0v) is 15.0. The van der Waals surface area contributed by atoms with Gasteiger partial charge in [0.15, 0.2) is 0 Å². The fourth-order valence-electron chi connectivity index (χ4n) is 2.50. The van der Waals surface area contributed by atoms with Gasteiger partial charge in [0.05, 0.1) is 11.9 Å². The minimum atomic E-state index is -3.28. The molecule has 0 aromatic heterocycles. The van der Waals surface area contributed by atoms with Gasteiger partial charge in [0.25, 0.3) is 5.91 Å². The molecule has 0 saturated heterocycles. The largest absolute Gasteiger partial charge is 0.352 e. The van der Waals surface area contributed by atoms with E-state index in [0.29, 0.717) is 30.9 Å². The first-order valence-electron chi connectivity index (χ1n) is 7.42. The highest BCUT2D eigenvalue weighted by Crippen LogP contribution is 2.29. The number of nitrogens with zero attached hydrogens (tertiary/aromatic N) is 1. The molecule has 6 nitrogen and oxygen atoms in total. The highest BCUT2D eigenvalue weighted by molar-refractivity contribution is 7.92. The highest BCUT2D eigenvalue weighted by atomic mass is 35.5. The predicted molar refractivity (Wildman–Crippen MR) is 94.8 cm³/mol. The molecule has 0 bridgehead atoms. The Bertz CT molecular complexity index is 664. The van der Waals surface area contributed by atoms with Crippen LogP contribution in [0.1, 0.15) is 29.3 Å². The lowest BCUT2D eigenvalue weighted by Gasteiger charge is -2.29. The highest BCUT2D eigenvalue weighted by Gasteiger charge is 2.24. The van der Waals surface area contributed by atoms with Crippen LogP contribution >= 0.6 is 12.4 Å². The molecule has 1 atom stereocenters. The van der Waals surface area contributed by atoms with Crippen molar-refractivity contribution in [3.63, 3.8) is 0 Å². The molecular formula is C15H24ClN3O3S.